The van der Waals surface area contributed by atoms with Crippen LogP contribution in [0.2, 0.25) is 5.02 Å². The van der Waals surface area contributed by atoms with Gasteiger partial charge in [-0.15, -0.1) is 0 Å². The first-order valence-electron chi connectivity index (χ1n) is 18.2. The lowest BCUT2D eigenvalue weighted by molar-refractivity contribution is -0.138. The molecule has 9 rings (SSSR count). The van der Waals surface area contributed by atoms with Gasteiger partial charge in [0.05, 0.1) is 34.5 Å². The van der Waals surface area contributed by atoms with Crippen molar-refractivity contribution in [3.8, 4) is 5.75 Å². The van der Waals surface area contributed by atoms with Gasteiger partial charge in [-0.2, -0.15) is 5.01 Å². The van der Waals surface area contributed by atoms with Gasteiger partial charge in [-0.05, 0) is 115 Å². The third-order valence-corrected chi connectivity index (χ3v) is 12.0. The molecule has 6 atom stereocenters. The normalized spacial score (nSPS) is 25.4. The van der Waals surface area contributed by atoms with Crippen molar-refractivity contribution in [2.24, 2.45) is 23.7 Å². The highest BCUT2D eigenvalue weighted by molar-refractivity contribution is 6.30. The number of hydrogen-bond acceptors (Lipinski definition) is 7. The van der Waals surface area contributed by atoms with Crippen LogP contribution in [-0.2, 0) is 24.6 Å². The van der Waals surface area contributed by atoms with Crippen molar-refractivity contribution in [3.63, 3.8) is 0 Å². The second-order valence-corrected chi connectivity index (χ2v) is 15.1. The number of carbonyl (C=O) groups is 4. The predicted octanol–water partition coefficient (Wildman–Crippen LogP) is 8.26. The Balaban J connectivity index is 1.15. The van der Waals surface area contributed by atoms with Crippen LogP contribution in [0.1, 0.15) is 29.9 Å². The van der Waals surface area contributed by atoms with Crippen LogP contribution < -0.4 is 15.6 Å². The van der Waals surface area contributed by atoms with Gasteiger partial charge in [0.1, 0.15) is 5.82 Å². The number of benzene rings is 5. The third kappa shape index (κ3) is 5.48. The molecule has 5 aromatic carbocycles. The summed E-state index contributed by atoms with van der Waals surface area (Å²) in [4.78, 5) is 60.0. The van der Waals surface area contributed by atoms with Gasteiger partial charge >= 0.3 is 0 Å². The number of nitrogens with one attached hydrogen (secondary N) is 2. The highest BCUT2D eigenvalue weighted by Gasteiger charge is 2.70. The predicted molar refractivity (Wildman–Crippen MR) is 206 cm³/mol. The molecule has 5 aromatic rings. The summed E-state index contributed by atoms with van der Waals surface area (Å²) in [6.07, 6.45) is 2.06. The molecule has 1 saturated carbocycles. The van der Waals surface area contributed by atoms with Crippen LogP contribution in [0.3, 0.4) is 0 Å². The number of halogens is 3. The zero-order valence-electron chi connectivity index (χ0n) is 29.5. The van der Waals surface area contributed by atoms with E-state index in [9.17, 15) is 23.9 Å². The van der Waals surface area contributed by atoms with Crippen molar-refractivity contribution < 1.29 is 33.1 Å². The number of allylic oxidation sites excluding steroid dienone is 2. The average molecular weight is 771 g/mol. The lowest BCUT2D eigenvalue weighted by Crippen LogP contribution is -2.53. The number of phenolic OH excluding ortho intramolecular Hbond substituents is 1. The number of imide groups is 2. The van der Waals surface area contributed by atoms with Gasteiger partial charge in [-0.3, -0.25) is 29.5 Å². The standard InChI is InChI=1S/C44H33ClF2N4O5/c45-26-9-7-25(8-10-26)44-35(41(54)51(43(44)56)49-30-13-11-27(46)12-14-30)23-34-32(39(44)24-6-21-37(52)36(47)22-24)19-20-33-38(34)42(55)50(40(33)53)31-17-15-29(16-18-31)48-28-4-2-1-3-5-28/h1-19,21-22,33-35,38-39,48-49,52H,20,23H2. The summed E-state index contributed by atoms with van der Waals surface area (Å²) in [5, 5.41) is 14.9. The molecule has 0 bridgehead atoms. The summed E-state index contributed by atoms with van der Waals surface area (Å²) < 4.78 is 29.3. The van der Waals surface area contributed by atoms with Crippen LogP contribution in [0.5, 0.6) is 5.75 Å². The lowest BCUT2D eigenvalue weighted by Gasteiger charge is -2.50. The van der Waals surface area contributed by atoms with Gasteiger partial charge in [0.15, 0.2) is 11.6 Å². The van der Waals surface area contributed by atoms with E-state index in [-0.39, 0.29) is 24.4 Å². The maximum atomic E-state index is 15.4. The van der Waals surface area contributed by atoms with Gasteiger partial charge in [-0.1, -0.05) is 59.6 Å². The van der Waals surface area contributed by atoms with Crippen molar-refractivity contribution >= 4 is 58.0 Å². The summed E-state index contributed by atoms with van der Waals surface area (Å²) in [6, 6.07) is 32.2. The number of anilines is 4. The summed E-state index contributed by atoms with van der Waals surface area (Å²) in [6.45, 7) is 0. The fourth-order valence-electron chi connectivity index (χ4n) is 9.37. The largest absolute Gasteiger partial charge is 0.505 e. The number of hydrogen-bond donors (Lipinski definition) is 3. The van der Waals surface area contributed by atoms with Crippen LogP contribution in [0.15, 0.2) is 133 Å². The Morgan fingerprint density at radius 3 is 2.11 bits per heavy atom. The van der Waals surface area contributed by atoms with Crippen LogP contribution in [0.4, 0.5) is 31.5 Å². The maximum Gasteiger partial charge on any atom is 0.260 e. The lowest BCUT2D eigenvalue weighted by atomic mass is 9.49. The van der Waals surface area contributed by atoms with E-state index in [4.69, 9.17) is 11.6 Å². The second kappa shape index (κ2) is 13.5. The van der Waals surface area contributed by atoms with E-state index in [2.05, 4.69) is 10.7 Å². The van der Waals surface area contributed by atoms with Crippen LogP contribution in [-0.4, -0.2) is 33.7 Å². The van der Waals surface area contributed by atoms with E-state index < -0.39 is 70.1 Å². The quantitative estimate of drug-likeness (QED) is 0.113. The summed E-state index contributed by atoms with van der Waals surface area (Å²) >= 11 is 6.34. The number of aromatic hydroxyl groups is 1. The molecule has 12 heteroatoms. The molecule has 0 radical (unpaired) electrons. The van der Waals surface area contributed by atoms with Crippen molar-refractivity contribution in [1.29, 1.82) is 0 Å². The van der Waals surface area contributed by atoms with Crippen molar-refractivity contribution in [3.05, 3.63) is 161 Å². The van der Waals surface area contributed by atoms with E-state index in [0.29, 0.717) is 27.4 Å². The zero-order valence-corrected chi connectivity index (χ0v) is 30.3. The molecule has 2 aliphatic heterocycles. The summed E-state index contributed by atoms with van der Waals surface area (Å²) in [5.41, 5.74) is 4.89. The van der Waals surface area contributed by atoms with Crippen molar-refractivity contribution in [1.82, 2.24) is 5.01 Å². The smallest absolute Gasteiger partial charge is 0.260 e. The molecule has 2 heterocycles. The maximum absolute atomic E-state index is 15.4. The fourth-order valence-corrected chi connectivity index (χ4v) is 9.50. The molecule has 56 heavy (non-hydrogen) atoms. The number of amides is 4. The van der Waals surface area contributed by atoms with Crippen LogP contribution in [0.25, 0.3) is 0 Å². The molecule has 280 valence electrons. The minimum Gasteiger partial charge on any atom is -0.505 e. The molecular weight excluding hydrogens is 738 g/mol. The fraction of sp³-hybridized carbons (Fsp3) is 0.182. The molecule has 2 saturated heterocycles. The number of hydrazine groups is 1. The molecule has 3 fully saturated rings. The number of rotatable bonds is 7. The topological polar surface area (TPSA) is 119 Å². The van der Waals surface area contributed by atoms with Crippen molar-refractivity contribution in [2.45, 2.75) is 24.2 Å². The zero-order chi connectivity index (χ0) is 38.9. The van der Waals surface area contributed by atoms with E-state index >= 15 is 9.18 Å². The van der Waals surface area contributed by atoms with Gasteiger partial charge in [-0.25, -0.2) is 8.78 Å². The SMILES string of the molecule is O=C1C2CC3C(=CCC4C(=O)N(c5ccc(Nc6ccccc6)cc5)C(=O)C43)C(c3ccc(O)c(F)c3)C2(c2ccc(Cl)cc2)C(=O)N1Nc1ccc(F)cc1. The number of phenols is 1. The Labute approximate surface area is 325 Å². The number of para-hydroxylation sites is 1. The third-order valence-electron chi connectivity index (χ3n) is 11.7. The Bertz CT molecular complexity index is 2440. The van der Waals surface area contributed by atoms with E-state index in [1.807, 2.05) is 36.4 Å². The molecule has 0 aromatic heterocycles. The van der Waals surface area contributed by atoms with Crippen LogP contribution >= 0.6 is 11.6 Å². The Kier molecular flexibility index (Phi) is 8.50. The van der Waals surface area contributed by atoms with E-state index in [0.717, 1.165) is 22.5 Å². The molecule has 2 aliphatic carbocycles. The number of nitrogens with zero attached hydrogens (tertiary/aromatic N) is 2. The van der Waals surface area contributed by atoms with E-state index in [1.165, 1.54) is 41.3 Å². The van der Waals surface area contributed by atoms with E-state index in [1.54, 1.807) is 48.5 Å². The highest BCUT2D eigenvalue weighted by atomic mass is 35.5. The molecule has 3 N–H and O–H groups in total. The van der Waals surface area contributed by atoms with Gasteiger partial charge < -0.3 is 10.4 Å². The molecule has 4 amide bonds. The van der Waals surface area contributed by atoms with Gasteiger partial charge in [0.2, 0.25) is 11.8 Å². The molecule has 0 spiro atoms. The van der Waals surface area contributed by atoms with Gasteiger partial charge in [0, 0.05) is 22.3 Å². The minimum atomic E-state index is -1.68. The monoisotopic (exact) mass is 770 g/mol. The minimum absolute atomic E-state index is 0.0195. The Morgan fingerprint density at radius 2 is 1.41 bits per heavy atom. The first kappa shape index (κ1) is 35.4. The summed E-state index contributed by atoms with van der Waals surface area (Å²) in [5.74, 6) is -8.49. The van der Waals surface area contributed by atoms with Gasteiger partial charge in [0.25, 0.3) is 11.8 Å². The highest BCUT2D eigenvalue weighted by Crippen LogP contribution is 2.64. The number of fused-ring (bicyclic) bond motifs is 4. The second-order valence-electron chi connectivity index (χ2n) is 14.6. The summed E-state index contributed by atoms with van der Waals surface area (Å²) in [7, 11) is 0. The first-order chi connectivity index (χ1) is 27.1. The molecule has 6 unspecified atom stereocenters. The molecular formula is C44H33ClF2N4O5. The Hall–Kier alpha value is -6.33. The molecule has 9 nitrogen and oxygen atoms in total. The van der Waals surface area contributed by atoms with Crippen molar-refractivity contribution in [2.75, 3.05) is 15.6 Å². The van der Waals surface area contributed by atoms with Crippen LogP contribution in [0, 0.1) is 35.3 Å². The average Bonchev–Trinajstić information content (AvgIpc) is 3.58. The Morgan fingerprint density at radius 1 is 0.732 bits per heavy atom. The number of carbonyl (C=O) groups excluding carboxylic acids is 4. The molecule has 4 aliphatic rings. The first-order valence-corrected chi connectivity index (χ1v) is 18.6.